The Morgan fingerprint density at radius 2 is 2.09 bits per heavy atom. The van der Waals surface area contributed by atoms with Gasteiger partial charge in [-0.05, 0) is 33.0 Å². The quantitative estimate of drug-likeness (QED) is 0.406. The van der Waals surface area contributed by atoms with E-state index < -0.39 is 11.7 Å². The maximum absolute atomic E-state index is 11.1. The second-order valence-electron chi connectivity index (χ2n) is 2.98. The molecule has 1 unspecified atom stereocenters. The first-order valence-corrected chi connectivity index (χ1v) is 3.78. The average molecular weight is 174 g/mol. The molecule has 1 fully saturated rings. The monoisotopic (exact) mass is 174 g/mol. The van der Waals surface area contributed by atoms with Crippen LogP contribution in [0.1, 0.15) is 20.8 Å². The zero-order valence-electron chi connectivity index (χ0n) is 6.71. The Morgan fingerprint density at radius 1 is 1.55 bits per heavy atom. The summed E-state index contributed by atoms with van der Waals surface area (Å²) >= 11 is 4.83. The van der Waals surface area contributed by atoms with Gasteiger partial charge in [0.2, 0.25) is 10.7 Å². The van der Waals surface area contributed by atoms with Gasteiger partial charge in [0, 0.05) is 0 Å². The highest BCUT2D eigenvalue weighted by atomic mass is 32.1. The molecule has 0 aromatic heterocycles. The highest BCUT2D eigenvalue weighted by Crippen LogP contribution is 2.20. The standard InChI is InChI=1S/C7H10O3S/c1-4-5(11)10-7(2,3)6(8)9-4/h4H,1-3H3. The number of hydrogen-bond acceptors (Lipinski definition) is 4. The Balaban J connectivity index is 2.79. The van der Waals surface area contributed by atoms with Crippen molar-refractivity contribution in [1.29, 1.82) is 0 Å². The van der Waals surface area contributed by atoms with Gasteiger partial charge >= 0.3 is 5.97 Å². The van der Waals surface area contributed by atoms with Crippen LogP contribution in [-0.4, -0.2) is 22.7 Å². The summed E-state index contributed by atoms with van der Waals surface area (Å²) in [5.74, 6) is -0.362. The first kappa shape index (κ1) is 8.46. The van der Waals surface area contributed by atoms with Gasteiger partial charge in [0.15, 0.2) is 6.10 Å². The van der Waals surface area contributed by atoms with Crippen LogP contribution in [-0.2, 0) is 14.3 Å². The van der Waals surface area contributed by atoms with E-state index in [1.54, 1.807) is 20.8 Å². The van der Waals surface area contributed by atoms with E-state index in [0.29, 0.717) is 5.05 Å². The van der Waals surface area contributed by atoms with Gasteiger partial charge in [-0.1, -0.05) is 0 Å². The Morgan fingerprint density at radius 3 is 2.55 bits per heavy atom. The molecule has 11 heavy (non-hydrogen) atoms. The molecule has 62 valence electrons. The van der Waals surface area contributed by atoms with E-state index in [9.17, 15) is 4.79 Å². The molecule has 0 radical (unpaired) electrons. The van der Waals surface area contributed by atoms with E-state index in [4.69, 9.17) is 21.7 Å². The molecule has 0 amide bonds. The van der Waals surface area contributed by atoms with Crippen molar-refractivity contribution in [3.05, 3.63) is 0 Å². The van der Waals surface area contributed by atoms with Crippen molar-refractivity contribution in [3.8, 4) is 0 Å². The molecule has 1 saturated heterocycles. The smallest absolute Gasteiger partial charge is 0.350 e. The molecule has 0 aliphatic carbocycles. The number of cyclic esters (lactones) is 1. The fraction of sp³-hybridized carbons (Fsp3) is 0.714. The molecule has 0 aromatic rings. The van der Waals surface area contributed by atoms with E-state index >= 15 is 0 Å². The minimum Gasteiger partial charge on any atom is -0.466 e. The van der Waals surface area contributed by atoms with Crippen LogP contribution in [0.4, 0.5) is 0 Å². The summed E-state index contributed by atoms with van der Waals surface area (Å²) in [5.41, 5.74) is -0.913. The minimum absolute atomic E-state index is 0.342. The van der Waals surface area contributed by atoms with Gasteiger partial charge in [-0.3, -0.25) is 0 Å². The third kappa shape index (κ3) is 1.50. The zero-order valence-corrected chi connectivity index (χ0v) is 7.53. The molecule has 1 atom stereocenters. The van der Waals surface area contributed by atoms with Crippen LogP contribution in [0.25, 0.3) is 0 Å². The van der Waals surface area contributed by atoms with Gasteiger partial charge in [-0.15, -0.1) is 0 Å². The minimum atomic E-state index is -0.913. The summed E-state index contributed by atoms with van der Waals surface area (Å²) in [4.78, 5) is 11.1. The van der Waals surface area contributed by atoms with E-state index in [1.165, 1.54) is 0 Å². The summed E-state index contributed by atoms with van der Waals surface area (Å²) < 4.78 is 10.1. The van der Waals surface area contributed by atoms with Crippen LogP contribution in [0.3, 0.4) is 0 Å². The number of rotatable bonds is 0. The van der Waals surface area contributed by atoms with Gasteiger partial charge in [-0.2, -0.15) is 0 Å². The van der Waals surface area contributed by atoms with Crippen LogP contribution in [0.15, 0.2) is 0 Å². The number of ether oxygens (including phenoxy) is 2. The van der Waals surface area contributed by atoms with Crippen molar-refractivity contribution in [2.24, 2.45) is 0 Å². The van der Waals surface area contributed by atoms with Crippen LogP contribution < -0.4 is 0 Å². The summed E-state index contributed by atoms with van der Waals surface area (Å²) in [7, 11) is 0. The van der Waals surface area contributed by atoms with Crippen LogP contribution in [0.2, 0.25) is 0 Å². The highest BCUT2D eigenvalue weighted by molar-refractivity contribution is 7.80. The van der Waals surface area contributed by atoms with Gasteiger partial charge < -0.3 is 9.47 Å². The first-order chi connectivity index (χ1) is 4.93. The molecule has 1 rings (SSSR count). The zero-order chi connectivity index (χ0) is 8.65. The lowest BCUT2D eigenvalue weighted by atomic mass is 10.1. The molecule has 1 aliphatic rings. The Hall–Kier alpha value is -0.640. The van der Waals surface area contributed by atoms with Crippen molar-refractivity contribution in [2.45, 2.75) is 32.5 Å². The number of carbonyl (C=O) groups is 1. The molecule has 0 bridgehead atoms. The Labute approximate surface area is 70.7 Å². The largest absolute Gasteiger partial charge is 0.466 e. The van der Waals surface area contributed by atoms with E-state index in [-0.39, 0.29) is 5.97 Å². The lowest BCUT2D eigenvalue weighted by molar-refractivity contribution is -0.170. The van der Waals surface area contributed by atoms with Crippen LogP contribution in [0.5, 0.6) is 0 Å². The van der Waals surface area contributed by atoms with Gasteiger partial charge in [0.05, 0.1) is 0 Å². The summed E-state index contributed by atoms with van der Waals surface area (Å²) in [5, 5.41) is 0.342. The molecular weight excluding hydrogens is 164 g/mol. The fourth-order valence-corrected chi connectivity index (χ4v) is 0.983. The van der Waals surface area contributed by atoms with Crippen molar-refractivity contribution in [2.75, 3.05) is 0 Å². The number of carbonyl (C=O) groups excluding carboxylic acids is 1. The molecule has 0 saturated carbocycles. The molecule has 1 heterocycles. The topological polar surface area (TPSA) is 35.5 Å². The summed E-state index contributed by atoms with van der Waals surface area (Å²) in [6, 6.07) is 0. The van der Waals surface area contributed by atoms with Crippen molar-refractivity contribution >= 4 is 23.2 Å². The number of thiocarbonyl (C=S) groups is 1. The number of hydrogen-bond donors (Lipinski definition) is 0. The van der Waals surface area contributed by atoms with Crippen LogP contribution >= 0.6 is 12.2 Å². The van der Waals surface area contributed by atoms with Gasteiger partial charge in [-0.25, -0.2) is 4.79 Å². The second kappa shape index (κ2) is 2.44. The van der Waals surface area contributed by atoms with Crippen molar-refractivity contribution in [3.63, 3.8) is 0 Å². The molecule has 0 spiro atoms. The van der Waals surface area contributed by atoms with Crippen LogP contribution in [0, 0.1) is 0 Å². The highest BCUT2D eigenvalue weighted by Gasteiger charge is 2.40. The van der Waals surface area contributed by atoms with Gasteiger partial charge in [0.25, 0.3) is 0 Å². The number of esters is 1. The molecular formula is C7H10O3S. The predicted molar refractivity (Wildman–Crippen MR) is 43.3 cm³/mol. The lowest BCUT2D eigenvalue weighted by Gasteiger charge is -2.32. The summed E-state index contributed by atoms with van der Waals surface area (Å²) in [6.07, 6.45) is -0.398. The van der Waals surface area contributed by atoms with E-state index in [1.807, 2.05) is 0 Å². The second-order valence-corrected chi connectivity index (χ2v) is 3.38. The molecule has 3 nitrogen and oxygen atoms in total. The third-order valence-electron chi connectivity index (χ3n) is 1.46. The average Bonchev–Trinajstić information content (AvgIpc) is 1.83. The Kier molecular flexibility index (Phi) is 1.88. The van der Waals surface area contributed by atoms with E-state index in [0.717, 1.165) is 0 Å². The molecule has 1 aliphatic heterocycles. The van der Waals surface area contributed by atoms with Crippen molar-refractivity contribution in [1.82, 2.24) is 0 Å². The Bertz CT molecular complexity index is 210. The third-order valence-corrected chi connectivity index (χ3v) is 1.88. The normalized spacial score (nSPS) is 29.2. The maximum atomic E-state index is 11.1. The summed E-state index contributed by atoms with van der Waals surface area (Å²) in [6.45, 7) is 4.95. The fourth-order valence-electron chi connectivity index (χ4n) is 0.727. The molecule has 0 N–H and O–H groups in total. The van der Waals surface area contributed by atoms with Gasteiger partial charge in [0.1, 0.15) is 0 Å². The molecule has 4 heteroatoms. The first-order valence-electron chi connectivity index (χ1n) is 3.37. The molecule has 0 aromatic carbocycles. The lowest BCUT2D eigenvalue weighted by Crippen LogP contribution is -2.48. The van der Waals surface area contributed by atoms with E-state index in [2.05, 4.69) is 0 Å². The SMILES string of the molecule is CC1OC(=O)C(C)(C)OC1=S. The maximum Gasteiger partial charge on any atom is 0.350 e. The van der Waals surface area contributed by atoms with Crippen molar-refractivity contribution < 1.29 is 14.3 Å². The predicted octanol–water partition coefficient (Wildman–Crippen LogP) is 1.05.